The lowest BCUT2D eigenvalue weighted by Crippen LogP contribution is -2.46. The van der Waals surface area contributed by atoms with Gasteiger partial charge in [-0.05, 0) is 5.25 Å². The van der Waals surface area contributed by atoms with Gasteiger partial charge >= 0.3 is 23.5 Å². The highest BCUT2D eigenvalue weighted by Gasteiger charge is 2.50. The number of amides is 2. The molecular formula is C24H42N7O16P3S. The molecule has 0 saturated carbocycles. The van der Waals surface area contributed by atoms with Gasteiger partial charge in [0.25, 0.3) is 0 Å². The summed E-state index contributed by atoms with van der Waals surface area (Å²) < 4.78 is 61.9. The van der Waals surface area contributed by atoms with E-state index in [0.29, 0.717) is 17.5 Å². The molecule has 1 aliphatic heterocycles. The molecule has 0 spiro atoms. The van der Waals surface area contributed by atoms with Gasteiger partial charge in [-0.1, -0.05) is 27.7 Å². The Labute approximate surface area is 295 Å². The number of phosphoric acid groups is 3. The average Bonchev–Trinajstić information content (AvgIpc) is 3.57. The number of phosphoric ester groups is 3. The molecule has 1 fully saturated rings. The molecule has 1 aliphatic rings. The molecule has 2 amide bonds. The first kappa shape index (κ1) is 43.3. The number of aromatic nitrogens is 4. The van der Waals surface area contributed by atoms with Crippen LogP contribution in [-0.2, 0) is 45.9 Å². The third kappa shape index (κ3) is 13.1. The number of anilines is 1. The van der Waals surface area contributed by atoms with Gasteiger partial charge in [-0.15, -0.1) is 0 Å². The summed E-state index contributed by atoms with van der Waals surface area (Å²) in [5.74, 6) is -0.572. The van der Waals surface area contributed by atoms with Crippen LogP contribution in [-0.4, -0.2) is 123 Å². The molecule has 3 rings (SSSR count). The Morgan fingerprint density at radius 2 is 1.75 bits per heavy atom. The summed E-state index contributed by atoms with van der Waals surface area (Å²) in [5, 5.41) is 26.8. The number of aliphatic hydroxyl groups is 2. The van der Waals surface area contributed by atoms with E-state index in [4.69, 9.17) is 19.5 Å². The molecule has 27 heteroatoms. The first-order valence-electron chi connectivity index (χ1n) is 15.0. The number of thioether (sulfide) groups is 1. The molecule has 2 aromatic rings. The normalized spacial score (nSPS) is 22.8. The highest BCUT2D eigenvalue weighted by molar-refractivity contribution is 7.99. The molecule has 2 aromatic heterocycles. The van der Waals surface area contributed by atoms with Crippen LogP contribution in [0, 0.1) is 5.41 Å². The molecule has 23 nitrogen and oxygen atoms in total. The van der Waals surface area contributed by atoms with Crippen molar-refractivity contribution in [3.8, 4) is 0 Å². The van der Waals surface area contributed by atoms with E-state index in [2.05, 4.69) is 34.4 Å². The smallest absolute Gasteiger partial charge is 0.386 e. The fourth-order valence-electron chi connectivity index (χ4n) is 4.42. The average molecular weight is 810 g/mol. The fourth-order valence-corrected chi connectivity index (χ4v) is 7.95. The standard InChI is InChI=1S/C24H42N7O16P3S/c1-13(2)51-8-7-26-15(32)5-6-27-22(35)19(34)24(3,4)10-44-50(41,42)47-49(39,40)43-9-14-18(46-48(36,37)38)17(33)23(45-14)31-12-30-16-20(25)28-11-29-21(16)31/h11-14,17-19,23,33-34H,5-10H2,1-4H3,(H,26,32)(H,27,35)(H,39,40)(H,41,42)(H2,25,28,29)(H2,36,37,38)/t14-,17?,18+,19+,23-/m1/s1. The summed E-state index contributed by atoms with van der Waals surface area (Å²) in [5.41, 5.74) is 4.32. The van der Waals surface area contributed by atoms with Gasteiger partial charge in [-0.3, -0.25) is 27.7 Å². The van der Waals surface area contributed by atoms with Gasteiger partial charge < -0.3 is 50.9 Å². The van der Waals surface area contributed by atoms with Crippen molar-refractivity contribution in [3.63, 3.8) is 0 Å². The zero-order valence-corrected chi connectivity index (χ0v) is 31.2. The summed E-state index contributed by atoms with van der Waals surface area (Å²) in [6.07, 6.45) is -6.70. The van der Waals surface area contributed by atoms with Gasteiger partial charge in [0.05, 0.1) is 19.5 Å². The number of carbonyl (C=O) groups excluding carboxylic acids is 2. The van der Waals surface area contributed by atoms with Gasteiger partial charge in [-0.2, -0.15) is 16.1 Å². The molecular weight excluding hydrogens is 767 g/mol. The number of aliphatic hydroxyl groups excluding tert-OH is 2. The molecule has 7 atom stereocenters. The third-order valence-corrected chi connectivity index (χ3v) is 11.2. The van der Waals surface area contributed by atoms with Crippen LogP contribution in [0.5, 0.6) is 0 Å². The molecule has 0 radical (unpaired) electrons. The van der Waals surface area contributed by atoms with Crippen LogP contribution in [0.2, 0.25) is 0 Å². The van der Waals surface area contributed by atoms with Crippen LogP contribution in [0.3, 0.4) is 0 Å². The van der Waals surface area contributed by atoms with Crippen molar-refractivity contribution in [2.45, 2.75) is 70.0 Å². The zero-order chi connectivity index (χ0) is 38.4. The van der Waals surface area contributed by atoms with Gasteiger partial charge in [0, 0.05) is 30.7 Å². The van der Waals surface area contributed by atoms with Crippen molar-refractivity contribution in [3.05, 3.63) is 12.7 Å². The number of nitrogens with one attached hydrogen (secondary N) is 2. The molecule has 0 aliphatic carbocycles. The number of fused-ring (bicyclic) bond motifs is 1. The maximum Gasteiger partial charge on any atom is 0.481 e. The van der Waals surface area contributed by atoms with Crippen LogP contribution >= 0.6 is 35.2 Å². The molecule has 3 unspecified atom stereocenters. The molecule has 0 aromatic carbocycles. The second-order valence-corrected chi connectivity index (χ2v) is 17.9. The number of imidazole rings is 1. The van der Waals surface area contributed by atoms with Crippen LogP contribution in [0.25, 0.3) is 11.2 Å². The highest BCUT2D eigenvalue weighted by atomic mass is 32.2. The predicted octanol–water partition coefficient (Wildman–Crippen LogP) is -0.453. The Hall–Kier alpha value is -2.11. The predicted molar refractivity (Wildman–Crippen MR) is 177 cm³/mol. The highest BCUT2D eigenvalue weighted by Crippen LogP contribution is 2.61. The quantitative estimate of drug-likeness (QED) is 0.0604. The third-order valence-electron chi connectivity index (χ3n) is 6.95. The number of nitrogen functional groups attached to an aromatic ring is 1. The van der Waals surface area contributed by atoms with E-state index in [1.54, 1.807) is 11.8 Å². The summed E-state index contributed by atoms with van der Waals surface area (Å²) in [6, 6.07) is 0. The van der Waals surface area contributed by atoms with Gasteiger partial charge in [-0.25, -0.2) is 28.6 Å². The molecule has 1 saturated heterocycles. The number of hydrogen-bond donors (Lipinski definition) is 9. The number of hydrogen-bond acceptors (Lipinski definition) is 17. The topological polar surface area (TPSA) is 347 Å². The van der Waals surface area contributed by atoms with Crippen LogP contribution < -0.4 is 16.4 Å². The Morgan fingerprint density at radius 3 is 2.39 bits per heavy atom. The number of rotatable bonds is 20. The SMILES string of the molecule is CC(C)SCCNC(=O)CCNC(=O)[C@H](O)C(C)(C)COP(=O)(O)OP(=O)(O)OC[C@H]1O[C@@H](n2cnc3c(N)ncnc32)C(O)[C@H]1OP(=O)(O)O. The van der Waals surface area contributed by atoms with Crippen molar-refractivity contribution >= 4 is 64.0 Å². The van der Waals surface area contributed by atoms with Crippen molar-refractivity contribution in [2.75, 3.05) is 37.8 Å². The zero-order valence-electron chi connectivity index (χ0n) is 27.7. The van der Waals surface area contributed by atoms with E-state index < -0.39 is 78.6 Å². The lowest BCUT2D eigenvalue weighted by molar-refractivity contribution is -0.137. The summed E-state index contributed by atoms with van der Waals surface area (Å²) in [6.45, 7) is 4.95. The van der Waals surface area contributed by atoms with E-state index in [0.717, 1.165) is 17.2 Å². The van der Waals surface area contributed by atoms with Gasteiger partial charge in [0.15, 0.2) is 17.7 Å². The Balaban J connectivity index is 1.55. The Morgan fingerprint density at radius 1 is 1.08 bits per heavy atom. The maximum atomic E-state index is 12.6. The van der Waals surface area contributed by atoms with E-state index in [9.17, 15) is 53.1 Å². The lowest BCUT2D eigenvalue weighted by atomic mass is 9.87. The van der Waals surface area contributed by atoms with Crippen molar-refractivity contribution in [1.82, 2.24) is 30.2 Å². The van der Waals surface area contributed by atoms with Crippen molar-refractivity contribution in [2.24, 2.45) is 5.41 Å². The molecule has 3 heterocycles. The first-order chi connectivity index (χ1) is 23.5. The summed E-state index contributed by atoms with van der Waals surface area (Å²) >= 11 is 1.66. The van der Waals surface area contributed by atoms with Crippen molar-refractivity contribution < 1.29 is 75.7 Å². The van der Waals surface area contributed by atoms with Gasteiger partial charge in [0.2, 0.25) is 11.8 Å². The second kappa shape index (κ2) is 17.8. The van der Waals surface area contributed by atoms with E-state index in [-0.39, 0.29) is 35.9 Å². The number of nitrogens with zero attached hydrogens (tertiary/aromatic N) is 4. The van der Waals surface area contributed by atoms with Crippen molar-refractivity contribution in [1.29, 1.82) is 0 Å². The summed E-state index contributed by atoms with van der Waals surface area (Å²) in [7, 11) is -16.3. The molecule has 10 N–H and O–H groups in total. The monoisotopic (exact) mass is 809 g/mol. The summed E-state index contributed by atoms with van der Waals surface area (Å²) in [4.78, 5) is 75.2. The molecule has 0 bridgehead atoms. The second-order valence-electron chi connectivity index (χ2n) is 12.0. The Bertz CT molecular complexity index is 1660. The van der Waals surface area contributed by atoms with Gasteiger partial charge in [0.1, 0.15) is 36.3 Å². The first-order valence-corrected chi connectivity index (χ1v) is 20.6. The van der Waals surface area contributed by atoms with E-state index >= 15 is 0 Å². The van der Waals surface area contributed by atoms with Crippen LogP contribution in [0.1, 0.15) is 40.3 Å². The van der Waals surface area contributed by atoms with E-state index in [1.807, 2.05) is 13.8 Å². The number of carbonyl (C=O) groups is 2. The minimum atomic E-state index is -5.54. The molecule has 51 heavy (non-hydrogen) atoms. The maximum absolute atomic E-state index is 12.6. The fraction of sp³-hybridized carbons (Fsp3) is 0.708. The Kier molecular flexibility index (Phi) is 15.1. The number of nitrogens with two attached hydrogens (primary N) is 1. The number of ether oxygens (including phenoxy) is 1. The minimum absolute atomic E-state index is 0.0345. The van der Waals surface area contributed by atoms with Crippen LogP contribution in [0.15, 0.2) is 12.7 Å². The lowest BCUT2D eigenvalue weighted by Gasteiger charge is -2.30. The minimum Gasteiger partial charge on any atom is -0.386 e. The molecule has 290 valence electrons. The van der Waals surface area contributed by atoms with E-state index in [1.165, 1.54) is 13.8 Å². The largest absolute Gasteiger partial charge is 0.481 e. The van der Waals surface area contributed by atoms with Crippen LogP contribution in [0.4, 0.5) is 5.82 Å².